The third-order valence-electron chi connectivity index (χ3n) is 3.80. The molecule has 2 nitrogen and oxygen atoms in total. The summed E-state index contributed by atoms with van der Waals surface area (Å²) in [5.74, 6) is 0. The molecule has 1 N–H and O–H groups in total. The van der Waals surface area contributed by atoms with E-state index in [1.165, 1.54) is 10.4 Å². The van der Waals surface area contributed by atoms with Crippen molar-refractivity contribution in [1.29, 1.82) is 0 Å². The van der Waals surface area contributed by atoms with Gasteiger partial charge in [0.1, 0.15) is 0 Å². The van der Waals surface area contributed by atoms with E-state index in [-0.39, 0.29) is 6.61 Å². The zero-order valence-corrected chi connectivity index (χ0v) is 13.2. The SMILES string of the molecule is CC1c2ccsc2CCN1c1ccc(Br)cc1CO. The number of halogens is 1. The van der Waals surface area contributed by atoms with Crippen molar-refractivity contribution in [2.45, 2.75) is 26.0 Å². The Morgan fingerprint density at radius 2 is 2.26 bits per heavy atom. The predicted octanol–water partition coefficient (Wildman–Crippen LogP) is 4.13. The summed E-state index contributed by atoms with van der Waals surface area (Å²) in [6.45, 7) is 3.34. The fourth-order valence-corrected chi connectivity index (χ4v) is 4.17. The van der Waals surface area contributed by atoms with Crippen LogP contribution in [-0.4, -0.2) is 11.7 Å². The van der Waals surface area contributed by atoms with Crippen LogP contribution in [0, 0.1) is 0 Å². The summed E-state index contributed by atoms with van der Waals surface area (Å²) >= 11 is 5.32. The van der Waals surface area contributed by atoms with Crippen molar-refractivity contribution in [3.05, 3.63) is 50.1 Å². The number of aliphatic hydroxyl groups is 1. The zero-order valence-electron chi connectivity index (χ0n) is 10.8. The van der Waals surface area contributed by atoms with Gasteiger partial charge in [-0.25, -0.2) is 0 Å². The first-order valence-electron chi connectivity index (χ1n) is 6.43. The number of rotatable bonds is 2. The molecule has 0 spiro atoms. The Hall–Kier alpha value is -0.840. The van der Waals surface area contributed by atoms with E-state index in [0.717, 1.165) is 28.7 Å². The molecular weight excluding hydrogens is 322 g/mol. The lowest BCUT2D eigenvalue weighted by Crippen LogP contribution is -2.33. The normalized spacial score (nSPS) is 18.5. The van der Waals surface area contributed by atoms with Crippen molar-refractivity contribution < 1.29 is 5.11 Å². The first kappa shape index (κ1) is 13.2. The minimum atomic E-state index is 0.0779. The van der Waals surface area contributed by atoms with E-state index in [9.17, 15) is 5.11 Å². The molecule has 1 aliphatic rings. The quantitative estimate of drug-likeness (QED) is 0.890. The van der Waals surface area contributed by atoms with Crippen LogP contribution in [0.1, 0.15) is 29.0 Å². The lowest BCUT2D eigenvalue weighted by molar-refractivity contribution is 0.281. The van der Waals surface area contributed by atoms with Gasteiger partial charge in [0.05, 0.1) is 12.6 Å². The molecule has 1 aliphatic heterocycles. The monoisotopic (exact) mass is 337 g/mol. The molecule has 3 rings (SSSR count). The number of nitrogens with zero attached hydrogens (tertiary/aromatic N) is 1. The smallest absolute Gasteiger partial charge is 0.0702 e. The van der Waals surface area contributed by atoms with Crippen molar-refractivity contribution in [3.63, 3.8) is 0 Å². The molecule has 1 atom stereocenters. The first-order chi connectivity index (χ1) is 9.20. The third kappa shape index (κ3) is 2.33. The fourth-order valence-electron chi connectivity index (χ4n) is 2.80. The number of hydrogen-bond donors (Lipinski definition) is 1. The highest BCUT2D eigenvalue weighted by Crippen LogP contribution is 2.37. The molecular formula is C15H16BrNOS. The van der Waals surface area contributed by atoms with E-state index in [1.54, 1.807) is 0 Å². The molecule has 0 saturated carbocycles. The Balaban J connectivity index is 2.00. The van der Waals surface area contributed by atoms with Crippen LogP contribution in [0.15, 0.2) is 34.1 Å². The maximum atomic E-state index is 9.57. The Bertz CT molecular complexity index is 596. The highest BCUT2D eigenvalue weighted by atomic mass is 79.9. The summed E-state index contributed by atoms with van der Waals surface area (Å²) in [5.41, 5.74) is 3.57. The van der Waals surface area contributed by atoms with Crippen LogP contribution >= 0.6 is 27.3 Å². The largest absolute Gasteiger partial charge is 0.392 e. The summed E-state index contributed by atoms with van der Waals surface area (Å²) in [6.07, 6.45) is 1.10. The highest BCUT2D eigenvalue weighted by Gasteiger charge is 2.26. The molecule has 19 heavy (non-hydrogen) atoms. The Morgan fingerprint density at radius 3 is 3.05 bits per heavy atom. The third-order valence-corrected chi connectivity index (χ3v) is 5.29. The van der Waals surface area contributed by atoms with E-state index >= 15 is 0 Å². The van der Waals surface area contributed by atoms with Gasteiger partial charge in [-0.15, -0.1) is 11.3 Å². The van der Waals surface area contributed by atoms with Gasteiger partial charge < -0.3 is 10.0 Å². The molecule has 100 valence electrons. The number of hydrogen-bond acceptors (Lipinski definition) is 3. The molecule has 0 radical (unpaired) electrons. The minimum absolute atomic E-state index is 0.0779. The predicted molar refractivity (Wildman–Crippen MR) is 83.8 cm³/mol. The molecule has 1 aromatic heterocycles. The van der Waals surface area contributed by atoms with Gasteiger partial charge in [0.25, 0.3) is 0 Å². The topological polar surface area (TPSA) is 23.5 Å². The summed E-state index contributed by atoms with van der Waals surface area (Å²) in [4.78, 5) is 3.90. The van der Waals surface area contributed by atoms with Gasteiger partial charge in [-0.2, -0.15) is 0 Å². The van der Waals surface area contributed by atoms with E-state index in [1.807, 2.05) is 23.5 Å². The van der Waals surface area contributed by atoms with Crippen LogP contribution in [0.25, 0.3) is 0 Å². The molecule has 0 bridgehead atoms. The highest BCUT2D eigenvalue weighted by molar-refractivity contribution is 9.10. The van der Waals surface area contributed by atoms with Crippen LogP contribution in [-0.2, 0) is 13.0 Å². The fraction of sp³-hybridized carbons (Fsp3) is 0.333. The minimum Gasteiger partial charge on any atom is -0.392 e. The Labute approximate surface area is 125 Å². The average molecular weight is 338 g/mol. The summed E-state index contributed by atoms with van der Waals surface area (Å²) < 4.78 is 1.01. The molecule has 0 amide bonds. The van der Waals surface area contributed by atoms with Crippen LogP contribution < -0.4 is 4.90 Å². The number of anilines is 1. The van der Waals surface area contributed by atoms with E-state index in [4.69, 9.17) is 0 Å². The van der Waals surface area contributed by atoms with E-state index in [0.29, 0.717) is 6.04 Å². The summed E-state index contributed by atoms with van der Waals surface area (Å²) in [6, 6.07) is 8.76. The average Bonchev–Trinajstić information content (AvgIpc) is 2.89. The van der Waals surface area contributed by atoms with Crippen LogP contribution in [0.4, 0.5) is 5.69 Å². The van der Waals surface area contributed by atoms with Crippen molar-refractivity contribution >= 4 is 33.0 Å². The van der Waals surface area contributed by atoms with Gasteiger partial charge in [-0.05, 0) is 48.6 Å². The van der Waals surface area contributed by atoms with Gasteiger partial charge in [-0.1, -0.05) is 15.9 Å². The van der Waals surface area contributed by atoms with Crippen LogP contribution in [0.2, 0.25) is 0 Å². The van der Waals surface area contributed by atoms with Crippen molar-refractivity contribution in [2.75, 3.05) is 11.4 Å². The second-order valence-electron chi connectivity index (χ2n) is 4.85. The lowest BCUT2D eigenvalue weighted by Gasteiger charge is -2.36. The number of fused-ring (bicyclic) bond motifs is 1. The number of aliphatic hydroxyl groups excluding tert-OH is 1. The van der Waals surface area contributed by atoms with Crippen molar-refractivity contribution in [2.24, 2.45) is 0 Å². The van der Waals surface area contributed by atoms with Crippen molar-refractivity contribution in [3.8, 4) is 0 Å². The lowest BCUT2D eigenvalue weighted by atomic mass is 9.99. The van der Waals surface area contributed by atoms with Crippen molar-refractivity contribution in [1.82, 2.24) is 0 Å². The summed E-state index contributed by atoms with van der Waals surface area (Å²) in [7, 11) is 0. The van der Waals surface area contributed by atoms with E-state index in [2.05, 4.69) is 45.3 Å². The Kier molecular flexibility index (Phi) is 3.65. The standard InChI is InChI=1S/C15H16BrNOS/c1-10-13-5-7-19-15(13)4-6-17(10)14-3-2-12(16)8-11(14)9-18/h2-3,5,7-8,10,18H,4,6,9H2,1H3. The summed E-state index contributed by atoms with van der Waals surface area (Å²) in [5, 5.41) is 11.7. The molecule has 0 fully saturated rings. The van der Waals surface area contributed by atoms with Crippen LogP contribution in [0.3, 0.4) is 0 Å². The van der Waals surface area contributed by atoms with E-state index < -0.39 is 0 Å². The molecule has 2 heterocycles. The number of thiophene rings is 1. The molecule has 0 aliphatic carbocycles. The maximum Gasteiger partial charge on any atom is 0.0702 e. The maximum absolute atomic E-state index is 9.57. The second kappa shape index (κ2) is 5.27. The molecule has 0 saturated heterocycles. The molecule has 1 aromatic carbocycles. The molecule has 1 unspecified atom stereocenters. The van der Waals surface area contributed by atoms with Gasteiger partial charge in [0.2, 0.25) is 0 Å². The van der Waals surface area contributed by atoms with Gasteiger partial charge >= 0.3 is 0 Å². The van der Waals surface area contributed by atoms with Crippen LogP contribution in [0.5, 0.6) is 0 Å². The van der Waals surface area contributed by atoms with Gasteiger partial charge in [0.15, 0.2) is 0 Å². The first-order valence-corrected chi connectivity index (χ1v) is 8.10. The number of benzene rings is 1. The molecule has 2 aromatic rings. The second-order valence-corrected chi connectivity index (χ2v) is 6.77. The zero-order chi connectivity index (χ0) is 13.4. The Morgan fingerprint density at radius 1 is 1.42 bits per heavy atom. The van der Waals surface area contributed by atoms with Gasteiger partial charge in [-0.3, -0.25) is 0 Å². The molecule has 4 heteroatoms. The van der Waals surface area contributed by atoms with Gasteiger partial charge in [0, 0.05) is 27.1 Å².